The van der Waals surface area contributed by atoms with Gasteiger partial charge in [-0.25, -0.2) is 9.50 Å². The van der Waals surface area contributed by atoms with Gasteiger partial charge in [-0.2, -0.15) is 5.10 Å². The number of carbonyl (C=O) groups is 2. The topological polar surface area (TPSA) is 141 Å². The number of thioether (sulfide) groups is 1. The van der Waals surface area contributed by atoms with E-state index in [4.69, 9.17) is 10.8 Å². The maximum atomic E-state index is 12.3. The van der Waals surface area contributed by atoms with Gasteiger partial charge in [0, 0.05) is 18.2 Å². The average molecular weight is 437 g/mol. The molecule has 11 heteroatoms. The predicted octanol–water partition coefficient (Wildman–Crippen LogP) is 1.83. The van der Waals surface area contributed by atoms with Crippen LogP contribution in [0.15, 0.2) is 41.7 Å². The lowest BCUT2D eigenvalue weighted by Gasteiger charge is -2.10. The first-order chi connectivity index (χ1) is 15.0. The molecule has 0 saturated heterocycles. The van der Waals surface area contributed by atoms with Crippen molar-refractivity contribution < 1.29 is 9.59 Å². The Bertz CT molecular complexity index is 1270. The first-order valence-corrected chi connectivity index (χ1v) is 10.8. The summed E-state index contributed by atoms with van der Waals surface area (Å²) in [7, 11) is 0. The number of amides is 2. The van der Waals surface area contributed by atoms with Crippen LogP contribution in [0.3, 0.4) is 0 Å². The van der Waals surface area contributed by atoms with Crippen LogP contribution in [-0.2, 0) is 4.79 Å². The Morgan fingerprint density at radius 2 is 1.90 bits per heavy atom. The van der Waals surface area contributed by atoms with Crippen LogP contribution in [0.1, 0.15) is 36.0 Å². The Morgan fingerprint density at radius 3 is 2.65 bits per heavy atom. The minimum absolute atomic E-state index is 0.0234. The molecule has 0 atom stereocenters. The second kappa shape index (κ2) is 7.65. The first kappa shape index (κ1) is 19.5. The highest BCUT2D eigenvalue weighted by Crippen LogP contribution is 2.30. The molecule has 0 aliphatic heterocycles. The molecule has 2 saturated carbocycles. The third kappa shape index (κ3) is 4.36. The molecule has 10 nitrogen and oxygen atoms in total. The van der Waals surface area contributed by atoms with E-state index in [0.717, 1.165) is 37.4 Å². The van der Waals surface area contributed by atoms with E-state index < -0.39 is 0 Å². The summed E-state index contributed by atoms with van der Waals surface area (Å²) < 4.78 is 2.89. The molecule has 2 fully saturated rings. The lowest BCUT2D eigenvalue weighted by atomic mass is 10.2. The highest BCUT2D eigenvalue weighted by Gasteiger charge is 2.30. The van der Waals surface area contributed by atoms with Crippen molar-refractivity contribution in [2.75, 3.05) is 5.32 Å². The van der Waals surface area contributed by atoms with Crippen LogP contribution in [0.4, 0.5) is 5.82 Å². The van der Waals surface area contributed by atoms with Crippen LogP contribution in [-0.4, -0.2) is 42.2 Å². The second-order valence-electron chi connectivity index (χ2n) is 7.69. The second-order valence-corrected chi connectivity index (χ2v) is 8.70. The molecule has 5 rings (SSSR count). The molecule has 0 spiro atoms. The van der Waals surface area contributed by atoms with Crippen molar-refractivity contribution in [1.29, 1.82) is 10.8 Å². The number of imidazole rings is 1. The molecule has 3 heterocycles. The van der Waals surface area contributed by atoms with E-state index in [9.17, 15) is 9.59 Å². The Hall–Kier alpha value is -3.47. The monoisotopic (exact) mass is 436 g/mol. The number of hydrogen-bond donors (Lipinski definition) is 4. The highest BCUT2D eigenvalue weighted by molar-refractivity contribution is 8.13. The molecule has 3 aromatic heterocycles. The fourth-order valence-electron chi connectivity index (χ4n) is 3.00. The number of pyridine rings is 1. The molecule has 4 N–H and O–H groups in total. The van der Waals surface area contributed by atoms with Gasteiger partial charge >= 0.3 is 0 Å². The molecular weight excluding hydrogens is 416 g/mol. The van der Waals surface area contributed by atoms with Gasteiger partial charge in [-0.15, -0.1) is 0 Å². The third-order valence-corrected chi connectivity index (χ3v) is 5.86. The SMILES string of the molecule is N=C(Sc1ccc2nc(NC(=O)C3CC3)cn2n1)n1cc(C(=O)NC2CC2)ccc1=N. The van der Waals surface area contributed by atoms with Crippen molar-refractivity contribution in [3.8, 4) is 0 Å². The number of carbonyl (C=O) groups excluding carboxylic acids is 2. The predicted molar refractivity (Wildman–Crippen MR) is 114 cm³/mol. The van der Waals surface area contributed by atoms with Crippen LogP contribution in [0, 0.1) is 16.7 Å². The summed E-state index contributed by atoms with van der Waals surface area (Å²) in [5.41, 5.74) is 1.08. The minimum atomic E-state index is -0.201. The van der Waals surface area contributed by atoms with Crippen molar-refractivity contribution in [2.45, 2.75) is 36.8 Å². The highest BCUT2D eigenvalue weighted by atomic mass is 32.2. The van der Waals surface area contributed by atoms with E-state index >= 15 is 0 Å². The van der Waals surface area contributed by atoms with Crippen LogP contribution in [0.5, 0.6) is 0 Å². The van der Waals surface area contributed by atoms with Gasteiger partial charge in [0.2, 0.25) is 5.91 Å². The molecule has 2 amide bonds. The van der Waals surface area contributed by atoms with Gasteiger partial charge in [-0.3, -0.25) is 25.0 Å². The van der Waals surface area contributed by atoms with Crippen LogP contribution < -0.4 is 16.1 Å². The van der Waals surface area contributed by atoms with Gasteiger partial charge in [0.05, 0.1) is 11.8 Å². The molecule has 2 aliphatic rings. The molecule has 0 radical (unpaired) electrons. The zero-order valence-corrected chi connectivity index (χ0v) is 17.3. The summed E-state index contributed by atoms with van der Waals surface area (Å²) in [6.45, 7) is 0. The van der Waals surface area contributed by atoms with Gasteiger partial charge in [0.15, 0.2) is 16.6 Å². The molecule has 31 heavy (non-hydrogen) atoms. The summed E-state index contributed by atoms with van der Waals surface area (Å²) in [6, 6.07) is 6.79. The van der Waals surface area contributed by atoms with Gasteiger partial charge in [0.1, 0.15) is 10.5 Å². The molecule has 0 unspecified atom stereocenters. The number of rotatable bonds is 5. The zero-order chi connectivity index (χ0) is 21.5. The van der Waals surface area contributed by atoms with E-state index in [-0.39, 0.29) is 34.4 Å². The van der Waals surface area contributed by atoms with Gasteiger partial charge in [0.25, 0.3) is 5.91 Å². The maximum absolute atomic E-state index is 12.3. The molecule has 0 bridgehead atoms. The van der Waals surface area contributed by atoms with Crippen molar-refractivity contribution in [3.05, 3.63) is 47.7 Å². The van der Waals surface area contributed by atoms with Crippen molar-refractivity contribution in [1.82, 2.24) is 24.5 Å². The Balaban J connectivity index is 1.32. The summed E-state index contributed by atoms with van der Waals surface area (Å²) in [5, 5.41) is 27.2. The van der Waals surface area contributed by atoms with Gasteiger partial charge in [-0.05, 0) is 61.7 Å². The van der Waals surface area contributed by atoms with E-state index in [1.807, 2.05) is 0 Å². The van der Waals surface area contributed by atoms with Crippen LogP contribution in [0.2, 0.25) is 0 Å². The Kier molecular flexibility index (Phi) is 4.81. The van der Waals surface area contributed by atoms with E-state index in [1.165, 1.54) is 16.8 Å². The van der Waals surface area contributed by atoms with Crippen LogP contribution >= 0.6 is 11.8 Å². The number of hydrogen-bond acceptors (Lipinski definition) is 7. The van der Waals surface area contributed by atoms with Crippen molar-refractivity contribution in [3.63, 3.8) is 0 Å². The molecule has 158 valence electrons. The lowest BCUT2D eigenvalue weighted by Crippen LogP contribution is -2.29. The normalized spacial score (nSPS) is 15.6. The van der Waals surface area contributed by atoms with E-state index in [0.29, 0.717) is 22.1 Å². The number of anilines is 1. The van der Waals surface area contributed by atoms with E-state index in [2.05, 4.69) is 20.7 Å². The lowest BCUT2D eigenvalue weighted by molar-refractivity contribution is -0.117. The number of fused-ring (bicyclic) bond motifs is 1. The fourth-order valence-corrected chi connectivity index (χ4v) is 3.71. The Morgan fingerprint density at radius 1 is 1.10 bits per heavy atom. The van der Waals surface area contributed by atoms with E-state index in [1.54, 1.807) is 28.9 Å². The molecular formula is C20H20N8O2S. The largest absolute Gasteiger partial charge is 0.349 e. The quantitative estimate of drug-likeness (QED) is 0.274. The van der Waals surface area contributed by atoms with Crippen molar-refractivity contribution in [2.24, 2.45) is 5.92 Å². The van der Waals surface area contributed by atoms with Gasteiger partial charge < -0.3 is 10.6 Å². The summed E-state index contributed by atoms with van der Waals surface area (Å²) in [4.78, 5) is 28.6. The van der Waals surface area contributed by atoms with Gasteiger partial charge in [-0.1, -0.05) is 0 Å². The average Bonchev–Trinajstić information content (AvgIpc) is 3.66. The number of aromatic nitrogens is 4. The fraction of sp³-hybridized carbons (Fsp3) is 0.300. The Labute approximate surface area is 181 Å². The number of nitrogens with zero attached hydrogens (tertiary/aromatic N) is 4. The zero-order valence-electron chi connectivity index (χ0n) is 16.5. The molecule has 2 aliphatic carbocycles. The summed E-state index contributed by atoms with van der Waals surface area (Å²) >= 11 is 1.06. The third-order valence-electron chi connectivity index (χ3n) is 5.04. The van der Waals surface area contributed by atoms with Crippen LogP contribution in [0.25, 0.3) is 5.65 Å². The molecule has 3 aromatic rings. The summed E-state index contributed by atoms with van der Waals surface area (Å²) in [6.07, 6.45) is 6.94. The van der Waals surface area contributed by atoms with Crippen molar-refractivity contribution >= 4 is 40.2 Å². The molecule has 0 aromatic carbocycles. The smallest absolute Gasteiger partial charge is 0.252 e. The maximum Gasteiger partial charge on any atom is 0.252 e. The summed E-state index contributed by atoms with van der Waals surface area (Å²) in [5.74, 6) is 0.305. The minimum Gasteiger partial charge on any atom is -0.349 e. The first-order valence-electron chi connectivity index (χ1n) is 9.98. The number of nitrogens with one attached hydrogen (secondary N) is 4. The standard InChI is InChI=1S/C20H20N8O2S/c21-14-6-3-12(19(30)23-13-4-5-13)9-27(14)20(22)31-17-8-7-16-24-15(10-28(16)26-17)25-18(29)11-1-2-11/h3,6-11,13,21-22H,1-2,4-5H2,(H,23,30)(H,25,29).